The quantitative estimate of drug-likeness (QED) is 0.864. The van der Waals surface area contributed by atoms with Crippen molar-refractivity contribution < 1.29 is 14.7 Å². The molecule has 0 spiro atoms. The molecule has 0 radical (unpaired) electrons. The van der Waals surface area contributed by atoms with Crippen molar-refractivity contribution >= 4 is 11.8 Å². The maximum atomic E-state index is 12.9. The van der Waals surface area contributed by atoms with Crippen LogP contribution in [0.15, 0.2) is 0 Å². The molecule has 1 N–H and O–H groups in total. The molecular weight excluding hydrogens is 292 g/mol. The van der Waals surface area contributed by atoms with Crippen molar-refractivity contribution in [3.63, 3.8) is 0 Å². The fourth-order valence-corrected chi connectivity index (χ4v) is 3.84. The Morgan fingerprint density at radius 2 is 1.83 bits per heavy atom. The zero-order chi connectivity index (χ0) is 17.2. The lowest BCUT2D eigenvalue weighted by Gasteiger charge is -2.38. The first-order valence-electron chi connectivity index (χ1n) is 8.98. The van der Waals surface area contributed by atoms with E-state index in [1.807, 2.05) is 30.6 Å². The molecule has 0 aliphatic carbocycles. The van der Waals surface area contributed by atoms with E-state index >= 15 is 0 Å². The van der Waals surface area contributed by atoms with Gasteiger partial charge in [-0.1, -0.05) is 20.8 Å². The molecule has 0 aromatic rings. The molecule has 2 amide bonds. The Morgan fingerprint density at radius 1 is 1.17 bits per heavy atom. The van der Waals surface area contributed by atoms with Gasteiger partial charge in [-0.15, -0.1) is 0 Å². The van der Waals surface area contributed by atoms with Crippen molar-refractivity contribution in [1.29, 1.82) is 0 Å². The second kappa shape index (κ2) is 7.20. The monoisotopic (exact) mass is 324 g/mol. The summed E-state index contributed by atoms with van der Waals surface area (Å²) in [6.07, 6.45) is 4.04. The third-order valence-corrected chi connectivity index (χ3v) is 4.97. The minimum Gasteiger partial charge on any atom is -0.393 e. The number of hydrogen-bond acceptors (Lipinski definition) is 3. The zero-order valence-corrected chi connectivity index (χ0v) is 15.0. The number of carbonyl (C=O) groups excluding carboxylic acids is 2. The molecule has 0 bridgehead atoms. The number of carbonyl (C=O) groups is 2. The molecule has 2 aliphatic heterocycles. The van der Waals surface area contributed by atoms with Crippen molar-refractivity contribution in [3.05, 3.63) is 0 Å². The molecule has 2 rings (SSSR count). The maximum absolute atomic E-state index is 12.9. The Bertz CT molecular complexity index is 442. The van der Waals surface area contributed by atoms with Gasteiger partial charge >= 0.3 is 0 Å². The Morgan fingerprint density at radius 3 is 2.43 bits per heavy atom. The van der Waals surface area contributed by atoms with Crippen molar-refractivity contribution in [2.45, 2.75) is 71.9 Å². The second-order valence-corrected chi connectivity index (χ2v) is 8.25. The zero-order valence-electron chi connectivity index (χ0n) is 15.0. The van der Waals surface area contributed by atoms with Gasteiger partial charge in [0.15, 0.2) is 0 Å². The summed E-state index contributed by atoms with van der Waals surface area (Å²) >= 11 is 0. The van der Waals surface area contributed by atoms with Crippen LogP contribution in [0.2, 0.25) is 0 Å². The largest absolute Gasteiger partial charge is 0.393 e. The van der Waals surface area contributed by atoms with E-state index in [2.05, 4.69) is 0 Å². The summed E-state index contributed by atoms with van der Waals surface area (Å²) in [5, 5.41) is 9.64. The van der Waals surface area contributed by atoms with Gasteiger partial charge in [-0.25, -0.2) is 0 Å². The SMILES string of the molecule is CC(O)CC1CCCN1C(=O)C1CCCN(C(=O)C(C)(C)C)C1. The highest BCUT2D eigenvalue weighted by atomic mass is 16.3. The molecule has 23 heavy (non-hydrogen) atoms. The average Bonchev–Trinajstić information content (AvgIpc) is 2.92. The summed E-state index contributed by atoms with van der Waals surface area (Å²) in [5.74, 6) is 0.237. The molecule has 5 nitrogen and oxygen atoms in total. The topological polar surface area (TPSA) is 60.9 Å². The second-order valence-electron chi connectivity index (χ2n) is 8.25. The predicted octanol–water partition coefficient (Wildman–Crippen LogP) is 2.03. The first-order chi connectivity index (χ1) is 10.7. The fraction of sp³-hybridized carbons (Fsp3) is 0.889. The first kappa shape index (κ1) is 18.2. The van der Waals surface area contributed by atoms with Gasteiger partial charge in [0.05, 0.1) is 12.0 Å². The van der Waals surface area contributed by atoms with E-state index in [0.29, 0.717) is 13.0 Å². The summed E-state index contributed by atoms with van der Waals surface area (Å²) in [7, 11) is 0. The Balaban J connectivity index is 2.00. The molecule has 0 aromatic carbocycles. The van der Waals surface area contributed by atoms with Crippen LogP contribution in [-0.2, 0) is 9.59 Å². The summed E-state index contributed by atoms with van der Waals surface area (Å²) < 4.78 is 0. The van der Waals surface area contributed by atoms with Gasteiger partial charge in [-0.05, 0) is 39.0 Å². The van der Waals surface area contributed by atoms with Crippen LogP contribution in [-0.4, -0.2) is 58.5 Å². The molecule has 2 saturated heterocycles. The van der Waals surface area contributed by atoms with Crippen molar-refractivity contribution in [1.82, 2.24) is 9.80 Å². The molecule has 3 atom stereocenters. The summed E-state index contributed by atoms with van der Waals surface area (Å²) in [6.45, 7) is 9.68. The lowest BCUT2D eigenvalue weighted by atomic mass is 9.90. The Kier molecular flexibility index (Phi) is 5.71. The minimum absolute atomic E-state index is 0.0790. The van der Waals surface area contributed by atoms with Crippen LogP contribution < -0.4 is 0 Å². The van der Waals surface area contributed by atoms with E-state index in [-0.39, 0.29) is 29.9 Å². The number of nitrogens with zero attached hydrogens (tertiary/aromatic N) is 2. The normalized spacial score (nSPS) is 27.2. The van der Waals surface area contributed by atoms with Crippen LogP contribution in [0, 0.1) is 11.3 Å². The highest BCUT2D eigenvalue weighted by Gasteiger charge is 2.38. The molecule has 5 heteroatoms. The van der Waals surface area contributed by atoms with Gasteiger partial charge in [0.1, 0.15) is 0 Å². The maximum Gasteiger partial charge on any atom is 0.227 e. The van der Waals surface area contributed by atoms with Gasteiger partial charge in [-0.2, -0.15) is 0 Å². The minimum atomic E-state index is -0.395. The van der Waals surface area contributed by atoms with Gasteiger partial charge in [0.25, 0.3) is 0 Å². The van der Waals surface area contributed by atoms with Crippen molar-refractivity contribution in [3.8, 4) is 0 Å². The number of aliphatic hydroxyl groups is 1. The van der Waals surface area contributed by atoms with Gasteiger partial charge in [-0.3, -0.25) is 9.59 Å². The highest BCUT2D eigenvalue weighted by Crippen LogP contribution is 2.28. The number of likely N-dealkylation sites (tertiary alicyclic amines) is 2. The van der Waals surface area contributed by atoms with E-state index in [0.717, 1.165) is 38.8 Å². The van der Waals surface area contributed by atoms with Crippen LogP contribution in [0.3, 0.4) is 0 Å². The van der Waals surface area contributed by atoms with Crippen LogP contribution in [0.1, 0.15) is 59.8 Å². The standard InChI is InChI=1S/C18H32N2O3/c1-13(21)11-15-8-6-10-20(15)16(22)14-7-5-9-19(12-14)17(23)18(2,3)4/h13-15,21H,5-12H2,1-4H3. The molecule has 2 fully saturated rings. The number of aliphatic hydroxyl groups excluding tert-OH is 1. The highest BCUT2D eigenvalue weighted by molar-refractivity contribution is 5.84. The van der Waals surface area contributed by atoms with E-state index in [1.165, 1.54) is 0 Å². The van der Waals surface area contributed by atoms with Crippen LogP contribution >= 0.6 is 0 Å². The molecule has 2 aliphatic rings. The average molecular weight is 324 g/mol. The third-order valence-electron chi connectivity index (χ3n) is 4.97. The van der Waals surface area contributed by atoms with Gasteiger partial charge < -0.3 is 14.9 Å². The Labute approximate surface area is 140 Å². The molecular formula is C18H32N2O3. The molecule has 2 heterocycles. The predicted molar refractivity (Wildman–Crippen MR) is 89.8 cm³/mol. The number of piperidine rings is 1. The van der Waals surface area contributed by atoms with E-state index in [9.17, 15) is 14.7 Å². The smallest absolute Gasteiger partial charge is 0.227 e. The van der Waals surface area contributed by atoms with Crippen molar-refractivity contribution in [2.24, 2.45) is 11.3 Å². The van der Waals surface area contributed by atoms with Crippen LogP contribution in [0.5, 0.6) is 0 Å². The van der Waals surface area contributed by atoms with Gasteiger partial charge in [0, 0.05) is 31.1 Å². The van der Waals surface area contributed by atoms with E-state index in [1.54, 1.807) is 6.92 Å². The molecule has 0 aromatic heterocycles. The summed E-state index contributed by atoms with van der Waals surface area (Å²) in [4.78, 5) is 29.2. The van der Waals surface area contributed by atoms with Crippen molar-refractivity contribution in [2.75, 3.05) is 19.6 Å². The van der Waals surface area contributed by atoms with E-state index in [4.69, 9.17) is 0 Å². The number of hydrogen-bond donors (Lipinski definition) is 1. The Hall–Kier alpha value is -1.10. The number of rotatable bonds is 3. The van der Waals surface area contributed by atoms with E-state index < -0.39 is 5.41 Å². The number of amides is 2. The first-order valence-corrected chi connectivity index (χ1v) is 8.98. The molecule has 3 unspecified atom stereocenters. The summed E-state index contributed by atoms with van der Waals surface area (Å²) in [6, 6.07) is 0.163. The van der Waals surface area contributed by atoms with Crippen LogP contribution in [0.25, 0.3) is 0 Å². The summed E-state index contributed by atoms with van der Waals surface area (Å²) in [5.41, 5.74) is -0.395. The third kappa shape index (κ3) is 4.46. The van der Waals surface area contributed by atoms with Crippen LogP contribution in [0.4, 0.5) is 0 Å². The lowest BCUT2D eigenvalue weighted by Crippen LogP contribution is -2.50. The lowest BCUT2D eigenvalue weighted by molar-refractivity contribution is -0.145. The van der Waals surface area contributed by atoms with Gasteiger partial charge in [0.2, 0.25) is 11.8 Å². The fourth-order valence-electron chi connectivity index (χ4n) is 3.84. The molecule has 132 valence electrons. The molecule has 0 saturated carbocycles.